The molecule has 0 radical (unpaired) electrons. The van der Waals surface area contributed by atoms with Gasteiger partial charge in [-0.15, -0.1) is 0 Å². The molecule has 0 saturated heterocycles. The standard InChI is InChI=1S/C14H21NO3/c16-13(12-7-3-1-4-8-12)11-15-10-6-2-5-9-14(17)18/h1,3-4,7-8,13,15-16H,2,5-6,9-11H2,(H,17,18). The summed E-state index contributed by atoms with van der Waals surface area (Å²) in [7, 11) is 0. The molecule has 4 nitrogen and oxygen atoms in total. The van der Waals surface area contributed by atoms with Gasteiger partial charge in [0, 0.05) is 13.0 Å². The van der Waals surface area contributed by atoms with Crippen LogP contribution in [0.5, 0.6) is 0 Å². The molecule has 0 aliphatic carbocycles. The second kappa shape index (κ2) is 8.66. The average Bonchev–Trinajstić information content (AvgIpc) is 2.38. The van der Waals surface area contributed by atoms with Crippen molar-refractivity contribution in [2.45, 2.75) is 31.8 Å². The number of rotatable bonds is 9. The van der Waals surface area contributed by atoms with Gasteiger partial charge in [0.1, 0.15) is 0 Å². The summed E-state index contributed by atoms with van der Waals surface area (Å²) in [5.74, 6) is -0.734. The van der Waals surface area contributed by atoms with Crippen LogP contribution < -0.4 is 5.32 Å². The summed E-state index contributed by atoms with van der Waals surface area (Å²) in [4.78, 5) is 10.3. The minimum Gasteiger partial charge on any atom is -0.481 e. The van der Waals surface area contributed by atoms with Gasteiger partial charge in [0.25, 0.3) is 0 Å². The van der Waals surface area contributed by atoms with Crippen LogP contribution in [-0.2, 0) is 4.79 Å². The van der Waals surface area contributed by atoms with Crippen LogP contribution >= 0.6 is 0 Å². The maximum atomic E-state index is 10.3. The Bertz CT molecular complexity index is 340. The quantitative estimate of drug-likeness (QED) is 0.587. The molecule has 0 bridgehead atoms. The predicted molar refractivity (Wildman–Crippen MR) is 70.4 cm³/mol. The van der Waals surface area contributed by atoms with Crippen LogP contribution in [0.15, 0.2) is 30.3 Å². The van der Waals surface area contributed by atoms with Crippen molar-refractivity contribution in [2.24, 2.45) is 0 Å². The summed E-state index contributed by atoms with van der Waals surface area (Å²) in [5, 5.41) is 21.5. The van der Waals surface area contributed by atoms with Gasteiger partial charge in [0.2, 0.25) is 0 Å². The summed E-state index contributed by atoms with van der Waals surface area (Å²) in [5.41, 5.74) is 0.913. The first-order valence-corrected chi connectivity index (χ1v) is 6.35. The van der Waals surface area contributed by atoms with Gasteiger partial charge in [-0.3, -0.25) is 4.79 Å². The van der Waals surface area contributed by atoms with Gasteiger partial charge < -0.3 is 15.5 Å². The highest BCUT2D eigenvalue weighted by molar-refractivity contribution is 5.66. The molecule has 1 atom stereocenters. The Morgan fingerprint density at radius 1 is 1.17 bits per heavy atom. The summed E-state index contributed by atoms with van der Waals surface area (Å²) in [6.07, 6.45) is 2.32. The summed E-state index contributed by atoms with van der Waals surface area (Å²) in [6, 6.07) is 9.54. The third-order valence-corrected chi connectivity index (χ3v) is 2.77. The molecule has 1 unspecified atom stereocenters. The van der Waals surface area contributed by atoms with E-state index in [-0.39, 0.29) is 6.42 Å². The van der Waals surface area contributed by atoms with Gasteiger partial charge in [0.05, 0.1) is 6.10 Å². The van der Waals surface area contributed by atoms with Crippen LogP contribution in [-0.4, -0.2) is 29.3 Å². The Morgan fingerprint density at radius 2 is 1.89 bits per heavy atom. The largest absolute Gasteiger partial charge is 0.481 e. The maximum absolute atomic E-state index is 10.3. The average molecular weight is 251 g/mol. The van der Waals surface area contributed by atoms with E-state index in [4.69, 9.17) is 5.11 Å². The van der Waals surface area contributed by atoms with Gasteiger partial charge in [-0.05, 0) is 24.9 Å². The normalized spacial score (nSPS) is 12.3. The van der Waals surface area contributed by atoms with E-state index in [2.05, 4.69) is 5.32 Å². The van der Waals surface area contributed by atoms with Crippen LogP contribution in [0.1, 0.15) is 37.4 Å². The molecule has 0 saturated carbocycles. The van der Waals surface area contributed by atoms with Crippen molar-refractivity contribution in [1.29, 1.82) is 0 Å². The molecule has 0 amide bonds. The van der Waals surface area contributed by atoms with Crippen molar-refractivity contribution >= 4 is 5.97 Å². The topological polar surface area (TPSA) is 69.6 Å². The third-order valence-electron chi connectivity index (χ3n) is 2.77. The second-order valence-electron chi connectivity index (χ2n) is 4.34. The molecule has 0 fully saturated rings. The SMILES string of the molecule is O=C(O)CCCCCNCC(O)c1ccccc1. The van der Waals surface area contributed by atoms with Crippen LogP contribution in [0.25, 0.3) is 0 Å². The number of aliphatic carboxylic acids is 1. The first-order valence-electron chi connectivity index (χ1n) is 6.35. The number of carboxylic acids is 1. The van der Waals surface area contributed by atoms with Crippen molar-refractivity contribution < 1.29 is 15.0 Å². The fraction of sp³-hybridized carbons (Fsp3) is 0.500. The second-order valence-corrected chi connectivity index (χ2v) is 4.34. The number of aliphatic hydroxyl groups is 1. The lowest BCUT2D eigenvalue weighted by atomic mass is 10.1. The van der Waals surface area contributed by atoms with E-state index in [0.29, 0.717) is 6.54 Å². The summed E-state index contributed by atoms with van der Waals surface area (Å²) >= 11 is 0. The number of benzene rings is 1. The first kappa shape index (κ1) is 14.7. The van der Waals surface area contributed by atoms with Gasteiger partial charge >= 0.3 is 5.97 Å². The molecule has 1 aromatic rings. The molecule has 0 spiro atoms. The minimum absolute atomic E-state index is 0.243. The molecular weight excluding hydrogens is 230 g/mol. The van der Waals surface area contributed by atoms with Gasteiger partial charge in [-0.1, -0.05) is 36.8 Å². The molecule has 18 heavy (non-hydrogen) atoms. The fourth-order valence-corrected chi connectivity index (χ4v) is 1.73. The number of unbranched alkanes of at least 4 members (excludes halogenated alkanes) is 2. The Morgan fingerprint density at radius 3 is 2.56 bits per heavy atom. The molecule has 0 heterocycles. The number of aliphatic hydroxyl groups excluding tert-OH is 1. The lowest BCUT2D eigenvalue weighted by molar-refractivity contribution is -0.137. The van der Waals surface area contributed by atoms with E-state index >= 15 is 0 Å². The molecule has 0 aliphatic heterocycles. The van der Waals surface area contributed by atoms with Crippen molar-refractivity contribution in [3.8, 4) is 0 Å². The first-order chi connectivity index (χ1) is 8.70. The van der Waals surface area contributed by atoms with E-state index in [1.165, 1.54) is 0 Å². The zero-order valence-corrected chi connectivity index (χ0v) is 10.5. The highest BCUT2D eigenvalue weighted by Crippen LogP contribution is 2.10. The fourth-order valence-electron chi connectivity index (χ4n) is 1.73. The zero-order valence-electron chi connectivity index (χ0n) is 10.5. The highest BCUT2D eigenvalue weighted by Gasteiger charge is 2.05. The van der Waals surface area contributed by atoms with Crippen LogP contribution in [0.4, 0.5) is 0 Å². The Balaban J connectivity index is 2.03. The van der Waals surface area contributed by atoms with E-state index in [1.807, 2.05) is 30.3 Å². The summed E-state index contributed by atoms with van der Waals surface area (Å²) in [6.45, 7) is 1.34. The molecule has 100 valence electrons. The molecule has 0 aromatic heterocycles. The molecule has 0 aliphatic rings. The third kappa shape index (κ3) is 6.37. The van der Waals surface area contributed by atoms with E-state index < -0.39 is 12.1 Å². The van der Waals surface area contributed by atoms with Crippen molar-refractivity contribution in [1.82, 2.24) is 5.32 Å². The predicted octanol–water partition coefficient (Wildman–Crippen LogP) is 1.95. The van der Waals surface area contributed by atoms with E-state index in [9.17, 15) is 9.90 Å². The molecule has 1 aromatic carbocycles. The van der Waals surface area contributed by atoms with Gasteiger partial charge in [0.15, 0.2) is 0 Å². The lowest BCUT2D eigenvalue weighted by Gasteiger charge is -2.11. The lowest BCUT2D eigenvalue weighted by Crippen LogP contribution is -2.22. The maximum Gasteiger partial charge on any atom is 0.303 e. The molecule has 3 N–H and O–H groups in total. The Labute approximate surface area is 108 Å². The highest BCUT2D eigenvalue weighted by atomic mass is 16.4. The zero-order chi connectivity index (χ0) is 13.2. The van der Waals surface area contributed by atoms with Crippen molar-refractivity contribution in [3.63, 3.8) is 0 Å². The minimum atomic E-state index is -0.734. The number of carbonyl (C=O) groups is 1. The van der Waals surface area contributed by atoms with Gasteiger partial charge in [-0.2, -0.15) is 0 Å². The van der Waals surface area contributed by atoms with Gasteiger partial charge in [-0.25, -0.2) is 0 Å². The number of hydrogen-bond acceptors (Lipinski definition) is 3. The van der Waals surface area contributed by atoms with E-state index in [0.717, 1.165) is 31.4 Å². The van der Waals surface area contributed by atoms with Crippen LogP contribution in [0.2, 0.25) is 0 Å². The molecule has 4 heteroatoms. The van der Waals surface area contributed by atoms with Crippen LogP contribution in [0, 0.1) is 0 Å². The number of nitrogens with one attached hydrogen (secondary N) is 1. The monoisotopic (exact) mass is 251 g/mol. The van der Waals surface area contributed by atoms with E-state index in [1.54, 1.807) is 0 Å². The number of hydrogen-bond donors (Lipinski definition) is 3. The molecule has 1 rings (SSSR count). The smallest absolute Gasteiger partial charge is 0.303 e. The van der Waals surface area contributed by atoms with Crippen LogP contribution in [0.3, 0.4) is 0 Å². The van der Waals surface area contributed by atoms with Crippen molar-refractivity contribution in [3.05, 3.63) is 35.9 Å². The Hall–Kier alpha value is -1.39. The Kier molecular flexibility index (Phi) is 7.06. The number of carboxylic acid groups (broad SMARTS) is 1. The van der Waals surface area contributed by atoms with Crippen molar-refractivity contribution in [2.75, 3.05) is 13.1 Å². The molecular formula is C14H21NO3. The summed E-state index contributed by atoms with van der Waals surface area (Å²) < 4.78 is 0.